The summed E-state index contributed by atoms with van der Waals surface area (Å²) in [4.78, 5) is 43.4. The molecular formula is C26H26FN3O4S. The minimum Gasteiger partial charge on any atom is -0.459 e. The molecule has 2 amide bonds. The van der Waals surface area contributed by atoms with E-state index in [1.165, 1.54) is 35.6 Å². The first-order valence-electron chi connectivity index (χ1n) is 11.4. The van der Waals surface area contributed by atoms with Gasteiger partial charge in [0.05, 0.1) is 18.0 Å². The molecule has 7 nitrogen and oxygen atoms in total. The summed E-state index contributed by atoms with van der Waals surface area (Å²) < 4.78 is 18.5. The molecule has 3 aromatic rings. The fraction of sp³-hybridized carbons (Fsp3) is 0.308. The molecule has 0 aliphatic carbocycles. The van der Waals surface area contributed by atoms with E-state index in [4.69, 9.17) is 4.74 Å². The molecular weight excluding hydrogens is 469 g/mol. The van der Waals surface area contributed by atoms with Gasteiger partial charge in [0, 0.05) is 29.7 Å². The van der Waals surface area contributed by atoms with Gasteiger partial charge in [-0.3, -0.25) is 14.4 Å². The Hall–Kier alpha value is -3.59. The highest BCUT2D eigenvalue weighted by Crippen LogP contribution is 2.22. The Morgan fingerprint density at radius 1 is 1.09 bits per heavy atom. The molecule has 2 aromatic carbocycles. The van der Waals surface area contributed by atoms with Gasteiger partial charge in [-0.15, -0.1) is 11.3 Å². The first kappa shape index (κ1) is 24.5. The Morgan fingerprint density at radius 3 is 2.46 bits per heavy atom. The number of carbonyl (C=O) groups excluding carboxylic acids is 3. The molecule has 35 heavy (non-hydrogen) atoms. The van der Waals surface area contributed by atoms with Gasteiger partial charge in [-0.25, -0.2) is 9.37 Å². The van der Waals surface area contributed by atoms with Crippen molar-refractivity contribution in [2.75, 3.05) is 18.4 Å². The number of aromatic nitrogens is 1. The van der Waals surface area contributed by atoms with Gasteiger partial charge in [0.15, 0.2) is 0 Å². The van der Waals surface area contributed by atoms with E-state index in [1.807, 2.05) is 31.2 Å². The lowest BCUT2D eigenvalue weighted by molar-refractivity contribution is -0.151. The standard InChI is InChI=1S/C26H26FN3O4S/c1-17-2-8-21(9-3-17)28-23(31)14-24-29-22(16-35-24)15-34-26(33)19-10-12-30(13-11-19)25(32)18-4-6-20(27)7-5-18/h2-9,16,19H,10-15H2,1H3,(H,28,31). The lowest BCUT2D eigenvalue weighted by Gasteiger charge is -2.31. The first-order valence-corrected chi connectivity index (χ1v) is 12.3. The van der Waals surface area contributed by atoms with Crippen molar-refractivity contribution in [2.45, 2.75) is 32.8 Å². The van der Waals surface area contributed by atoms with Crippen molar-refractivity contribution in [1.29, 1.82) is 0 Å². The van der Waals surface area contributed by atoms with Crippen molar-refractivity contribution in [3.8, 4) is 0 Å². The first-order chi connectivity index (χ1) is 16.9. The molecule has 182 valence electrons. The summed E-state index contributed by atoms with van der Waals surface area (Å²) in [5.74, 6) is -1.32. The van der Waals surface area contributed by atoms with E-state index in [-0.39, 0.29) is 42.5 Å². The maximum atomic E-state index is 13.1. The van der Waals surface area contributed by atoms with E-state index < -0.39 is 0 Å². The molecule has 1 aliphatic heterocycles. The number of rotatable bonds is 7. The van der Waals surface area contributed by atoms with Gasteiger partial charge in [-0.05, 0) is 56.2 Å². The molecule has 0 bridgehead atoms. The minimum atomic E-state index is -0.388. The number of aryl methyl sites for hydroxylation is 1. The summed E-state index contributed by atoms with van der Waals surface area (Å²) >= 11 is 1.35. The second-order valence-corrected chi connectivity index (χ2v) is 9.45. The predicted octanol–water partition coefficient (Wildman–Crippen LogP) is 4.37. The molecule has 0 spiro atoms. The Labute approximate surface area is 206 Å². The van der Waals surface area contributed by atoms with Gasteiger partial charge in [0.1, 0.15) is 17.4 Å². The van der Waals surface area contributed by atoms with Crippen molar-refractivity contribution in [1.82, 2.24) is 9.88 Å². The van der Waals surface area contributed by atoms with Crippen LogP contribution < -0.4 is 5.32 Å². The number of carbonyl (C=O) groups is 3. The number of anilines is 1. The van der Waals surface area contributed by atoms with Crippen molar-refractivity contribution in [3.63, 3.8) is 0 Å². The maximum absolute atomic E-state index is 13.1. The average Bonchev–Trinajstić information content (AvgIpc) is 3.31. The molecule has 1 saturated heterocycles. The minimum absolute atomic E-state index is 0.0453. The number of ether oxygens (including phenoxy) is 1. The zero-order chi connectivity index (χ0) is 24.8. The highest BCUT2D eigenvalue weighted by atomic mass is 32.1. The Bertz CT molecular complexity index is 1190. The number of likely N-dealkylation sites (tertiary alicyclic amines) is 1. The number of benzene rings is 2. The number of nitrogens with one attached hydrogen (secondary N) is 1. The van der Waals surface area contributed by atoms with Crippen LogP contribution >= 0.6 is 11.3 Å². The Balaban J connectivity index is 1.20. The van der Waals surface area contributed by atoms with Gasteiger partial charge >= 0.3 is 5.97 Å². The van der Waals surface area contributed by atoms with Crippen LogP contribution in [0.4, 0.5) is 10.1 Å². The van der Waals surface area contributed by atoms with Crippen LogP contribution in [0.1, 0.15) is 39.5 Å². The van der Waals surface area contributed by atoms with Crippen LogP contribution in [0, 0.1) is 18.7 Å². The molecule has 0 saturated carbocycles. The van der Waals surface area contributed by atoms with Crippen molar-refractivity contribution in [2.24, 2.45) is 5.92 Å². The van der Waals surface area contributed by atoms with E-state index in [9.17, 15) is 18.8 Å². The molecule has 0 atom stereocenters. The van der Waals surface area contributed by atoms with Gasteiger partial charge in [-0.2, -0.15) is 0 Å². The monoisotopic (exact) mass is 495 g/mol. The normalized spacial score (nSPS) is 13.9. The zero-order valence-electron chi connectivity index (χ0n) is 19.3. The number of piperidine rings is 1. The number of hydrogen-bond acceptors (Lipinski definition) is 6. The van der Waals surface area contributed by atoms with Crippen LogP contribution in [-0.2, 0) is 27.4 Å². The number of esters is 1. The summed E-state index contributed by atoms with van der Waals surface area (Å²) in [6.07, 6.45) is 1.16. The van der Waals surface area contributed by atoms with Gasteiger partial charge in [-0.1, -0.05) is 17.7 Å². The van der Waals surface area contributed by atoms with Gasteiger partial charge < -0.3 is 15.0 Å². The predicted molar refractivity (Wildman–Crippen MR) is 130 cm³/mol. The average molecular weight is 496 g/mol. The fourth-order valence-electron chi connectivity index (χ4n) is 3.83. The molecule has 0 radical (unpaired) electrons. The molecule has 1 aromatic heterocycles. The van der Waals surface area contributed by atoms with Crippen LogP contribution in [0.5, 0.6) is 0 Å². The molecule has 9 heteroatoms. The third-order valence-corrected chi connectivity index (χ3v) is 6.71. The van der Waals surface area contributed by atoms with Crippen molar-refractivity contribution >= 4 is 34.8 Å². The number of amides is 2. The molecule has 1 N–H and O–H groups in total. The fourth-order valence-corrected chi connectivity index (χ4v) is 4.61. The molecule has 1 fully saturated rings. The number of thiazole rings is 1. The van der Waals surface area contributed by atoms with Crippen LogP contribution in [0.2, 0.25) is 0 Å². The highest BCUT2D eigenvalue weighted by Gasteiger charge is 2.29. The topological polar surface area (TPSA) is 88.6 Å². The van der Waals surface area contributed by atoms with Crippen molar-refractivity contribution in [3.05, 3.63) is 81.6 Å². The maximum Gasteiger partial charge on any atom is 0.309 e. The van der Waals surface area contributed by atoms with E-state index in [0.29, 0.717) is 42.2 Å². The van der Waals surface area contributed by atoms with E-state index in [1.54, 1.807) is 10.3 Å². The van der Waals surface area contributed by atoms with Crippen LogP contribution in [-0.4, -0.2) is 40.8 Å². The lowest BCUT2D eigenvalue weighted by Crippen LogP contribution is -2.40. The molecule has 4 rings (SSSR count). The van der Waals surface area contributed by atoms with E-state index >= 15 is 0 Å². The van der Waals surface area contributed by atoms with Crippen LogP contribution in [0.15, 0.2) is 53.9 Å². The second-order valence-electron chi connectivity index (χ2n) is 8.50. The quantitative estimate of drug-likeness (QED) is 0.492. The zero-order valence-corrected chi connectivity index (χ0v) is 20.1. The third-order valence-electron chi connectivity index (χ3n) is 5.82. The summed E-state index contributed by atoms with van der Waals surface area (Å²) in [5, 5.41) is 5.27. The third kappa shape index (κ3) is 6.73. The summed E-state index contributed by atoms with van der Waals surface area (Å²) in [5.41, 5.74) is 2.88. The highest BCUT2D eigenvalue weighted by molar-refractivity contribution is 7.09. The molecule has 0 unspecified atom stereocenters. The Morgan fingerprint density at radius 2 is 1.77 bits per heavy atom. The number of hydrogen-bond donors (Lipinski definition) is 1. The van der Waals surface area contributed by atoms with E-state index in [2.05, 4.69) is 10.3 Å². The SMILES string of the molecule is Cc1ccc(NC(=O)Cc2nc(COC(=O)C3CCN(C(=O)c4ccc(F)cc4)CC3)cs2)cc1. The summed E-state index contributed by atoms with van der Waals surface area (Å²) in [7, 11) is 0. The van der Waals surface area contributed by atoms with Crippen LogP contribution in [0.25, 0.3) is 0 Å². The van der Waals surface area contributed by atoms with Crippen LogP contribution in [0.3, 0.4) is 0 Å². The largest absolute Gasteiger partial charge is 0.459 e. The lowest BCUT2D eigenvalue weighted by atomic mass is 9.96. The van der Waals surface area contributed by atoms with E-state index in [0.717, 1.165) is 11.3 Å². The van der Waals surface area contributed by atoms with Gasteiger partial charge in [0.25, 0.3) is 5.91 Å². The Kier molecular flexibility index (Phi) is 7.87. The second kappa shape index (κ2) is 11.2. The number of halogens is 1. The van der Waals surface area contributed by atoms with Gasteiger partial charge in [0.2, 0.25) is 5.91 Å². The smallest absolute Gasteiger partial charge is 0.309 e. The summed E-state index contributed by atoms with van der Waals surface area (Å²) in [6, 6.07) is 13.0. The van der Waals surface area contributed by atoms with Crippen molar-refractivity contribution < 1.29 is 23.5 Å². The number of nitrogens with zero attached hydrogens (tertiary/aromatic N) is 2. The molecule has 1 aliphatic rings. The molecule has 2 heterocycles. The summed E-state index contributed by atoms with van der Waals surface area (Å²) in [6.45, 7) is 2.90.